The zero-order valence-electron chi connectivity index (χ0n) is 4.07. The maximum absolute atomic E-state index is 6.79. The zero-order valence-corrected chi connectivity index (χ0v) is 6.98. The van der Waals surface area contributed by atoms with E-state index in [2.05, 4.69) is 0 Å². The molecule has 0 aromatic carbocycles. The van der Waals surface area contributed by atoms with Crippen molar-refractivity contribution in [3.8, 4) is 0 Å². The van der Waals surface area contributed by atoms with Crippen LogP contribution in [0.15, 0.2) is 0 Å². The van der Waals surface area contributed by atoms with E-state index in [0.29, 0.717) is 0 Å². The average Bonchev–Trinajstić information content (AvgIpc) is 1.64. The molecule has 0 fully saturated rings. The maximum atomic E-state index is 6.79. The van der Waals surface area contributed by atoms with Crippen LogP contribution in [0.2, 0.25) is 0 Å². The normalized spacial score (nSPS) is 17.5. The number of nitrogens with two attached hydrogens (primary N) is 2. The summed E-state index contributed by atoms with van der Waals surface area (Å²) in [6.45, 7) is 0. The van der Waals surface area contributed by atoms with Gasteiger partial charge >= 0.3 is 0 Å². The van der Waals surface area contributed by atoms with Gasteiger partial charge in [0, 0.05) is 0 Å². The summed E-state index contributed by atoms with van der Waals surface area (Å²) in [6, 6.07) is -0.516. The van der Waals surface area contributed by atoms with Crippen molar-refractivity contribution in [2.45, 2.75) is 10.1 Å². The standard InChI is InChI=1S/C3H7ClIN3/c4-2(7)1(6)3(5)8/h1,3,7H,6,8H2. The molecule has 0 aromatic heterocycles. The fraction of sp³-hybridized carbons (Fsp3) is 0.667. The Labute approximate surface area is 66.4 Å². The summed E-state index contributed by atoms with van der Waals surface area (Å²) < 4.78 is -0.266. The van der Waals surface area contributed by atoms with Crippen LogP contribution in [0.25, 0.3) is 0 Å². The Kier molecular flexibility index (Phi) is 3.87. The summed E-state index contributed by atoms with van der Waals surface area (Å²) in [7, 11) is 0. The number of hydrogen-bond donors (Lipinski definition) is 3. The maximum Gasteiger partial charge on any atom is 0.116 e. The van der Waals surface area contributed by atoms with Crippen LogP contribution in [-0.4, -0.2) is 15.3 Å². The van der Waals surface area contributed by atoms with Crippen molar-refractivity contribution in [2.75, 3.05) is 0 Å². The average molecular weight is 247 g/mol. The molecular weight excluding hydrogens is 240 g/mol. The fourth-order valence-corrected chi connectivity index (χ4v) is 0.848. The predicted molar refractivity (Wildman–Crippen MR) is 43.6 cm³/mol. The molecule has 0 saturated carbocycles. The van der Waals surface area contributed by atoms with Crippen LogP contribution in [0.1, 0.15) is 0 Å². The Balaban J connectivity index is 3.64. The van der Waals surface area contributed by atoms with Gasteiger partial charge in [0.05, 0.1) is 10.1 Å². The van der Waals surface area contributed by atoms with E-state index in [1.807, 2.05) is 22.6 Å². The lowest BCUT2D eigenvalue weighted by molar-refractivity contribution is 0.839. The van der Waals surface area contributed by atoms with Crippen molar-refractivity contribution >= 4 is 39.4 Å². The first-order valence-corrected chi connectivity index (χ1v) is 3.57. The number of hydrogen-bond acceptors (Lipinski definition) is 3. The summed E-state index contributed by atoms with van der Waals surface area (Å²) in [5, 5.41) is 6.70. The van der Waals surface area contributed by atoms with Gasteiger partial charge in [0.1, 0.15) is 5.17 Å². The topological polar surface area (TPSA) is 75.9 Å². The van der Waals surface area contributed by atoms with E-state index in [0.717, 1.165) is 0 Å². The fourth-order valence-electron chi connectivity index (χ4n) is 0.140. The molecule has 0 aliphatic carbocycles. The Hall–Kier alpha value is 0.610. The minimum Gasteiger partial charge on any atom is -0.320 e. The molecule has 2 atom stereocenters. The van der Waals surface area contributed by atoms with Gasteiger partial charge in [-0.1, -0.05) is 34.2 Å². The highest BCUT2D eigenvalue weighted by Gasteiger charge is 2.11. The molecule has 0 heterocycles. The molecule has 3 nitrogen and oxygen atoms in total. The van der Waals surface area contributed by atoms with E-state index in [1.54, 1.807) is 0 Å². The highest BCUT2D eigenvalue weighted by molar-refractivity contribution is 14.1. The number of rotatable bonds is 2. The molecule has 0 aliphatic heterocycles. The van der Waals surface area contributed by atoms with Crippen molar-refractivity contribution in [3.63, 3.8) is 0 Å². The van der Waals surface area contributed by atoms with E-state index in [-0.39, 0.29) is 9.22 Å². The van der Waals surface area contributed by atoms with Gasteiger partial charge in [-0.2, -0.15) is 0 Å². The smallest absolute Gasteiger partial charge is 0.116 e. The second kappa shape index (κ2) is 3.60. The van der Waals surface area contributed by atoms with E-state index in [1.165, 1.54) is 0 Å². The Morgan fingerprint density at radius 3 is 2.00 bits per heavy atom. The van der Waals surface area contributed by atoms with Gasteiger partial charge in [0.2, 0.25) is 0 Å². The molecule has 0 amide bonds. The molecule has 0 aliphatic rings. The van der Waals surface area contributed by atoms with Crippen LogP contribution in [0.3, 0.4) is 0 Å². The summed E-state index contributed by atoms with van der Waals surface area (Å²) >= 11 is 7.11. The molecule has 0 saturated heterocycles. The molecule has 5 heteroatoms. The lowest BCUT2D eigenvalue weighted by atomic mass is 10.3. The molecule has 5 N–H and O–H groups in total. The SMILES string of the molecule is N=C(Cl)C(N)C(N)I. The second-order valence-corrected chi connectivity index (χ2v) is 3.16. The van der Waals surface area contributed by atoms with Crippen molar-refractivity contribution in [1.82, 2.24) is 0 Å². The second-order valence-electron chi connectivity index (χ2n) is 1.32. The Morgan fingerprint density at radius 2 is 2.00 bits per heavy atom. The molecule has 48 valence electrons. The van der Waals surface area contributed by atoms with E-state index < -0.39 is 6.04 Å². The first-order valence-electron chi connectivity index (χ1n) is 1.95. The number of nitrogens with one attached hydrogen (secondary N) is 1. The largest absolute Gasteiger partial charge is 0.320 e. The third-order valence-electron chi connectivity index (χ3n) is 0.636. The molecule has 0 aromatic rings. The predicted octanol–water partition coefficient (Wildman–Crippen LogP) is 0.250. The number of alkyl halides is 1. The minimum absolute atomic E-state index is 0.0908. The summed E-state index contributed by atoms with van der Waals surface area (Å²) in [6.07, 6.45) is 0. The molecular formula is C3H7ClIN3. The molecule has 0 radical (unpaired) electrons. The van der Waals surface area contributed by atoms with Gasteiger partial charge in [0.25, 0.3) is 0 Å². The first-order chi connectivity index (χ1) is 3.55. The zero-order chi connectivity index (χ0) is 6.73. The van der Waals surface area contributed by atoms with Crippen LogP contribution in [0.4, 0.5) is 0 Å². The first kappa shape index (κ1) is 8.61. The van der Waals surface area contributed by atoms with Gasteiger partial charge in [0.15, 0.2) is 0 Å². The minimum atomic E-state index is -0.516. The van der Waals surface area contributed by atoms with Gasteiger partial charge < -0.3 is 11.5 Å². The molecule has 0 spiro atoms. The Bertz CT molecular complexity index is 94.5. The lowest BCUT2D eigenvalue weighted by Gasteiger charge is -2.09. The molecule has 2 unspecified atom stereocenters. The van der Waals surface area contributed by atoms with E-state index in [9.17, 15) is 0 Å². The lowest BCUT2D eigenvalue weighted by Crippen LogP contribution is -2.40. The monoisotopic (exact) mass is 247 g/mol. The van der Waals surface area contributed by atoms with E-state index >= 15 is 0 Å². The van der Waals surface area contributed by atoms with Gasteiger partial charge in [-0.05, 0) is 0 Å². The number of halogens is 2. The third-order valence-corrected chi connectivity index (χ3v) is 1.66. The third kappa shape index (κ3) is 2.81. The van der Waals surface area contributed by atoms with Gasteiger partial charge in [-0.3, -0.25) is 5.41 Å². The van der Waals surface area contributed by atoms with Gasteiger partial charge in [-0.15, -0.1) is 0 Å². The molecule has 8 heavy (non-hydrogen) atoms. The van der Waals surface area contributed by atoms with E-state index in [4.69, 9.17) is 28.5 Å². The Morgan fingerprint density at radius 1 is 1.62 bits per heavy atom. The van der Waals surface area contributed by atoms with Gasteiger partial charge in [-0.25, -0.2) is 0 Å². The van der Waals surface area contributed by atoms with Crippen molar-refractivity contribution < 1.29 is 0 Å². The van der Waals surface area contributed by atoms with Crippen molar-refractivity contribution in [1.29, 1.82) is 5.41 Å². The van der Waals surface area contributed by atoms with Crippen LogP contribution in [0, 0.1) is 5.41 Å². The molecule has 0 rings (SSSR count). The van der Waals surface area contributed by atoms with Crippen LogP contribution in [-0.2, 0) is 0 Å². The molecule has 0 bridgehead atoms. The van der Waals surface area contributed by atoms with Crippen LogP contribution < -0.4 is 11.5 Å². The van der Waals surface area contributed by atoms with Crippen molar-refractivity contribution in [2.24, 2.45) is 11.5 Å². The highest BCUT2D eigenvalue weighted by Crippen LogP contribution is 1.99. The quantitative estimate of drug-likeness (QED) is 0.283. The highest BCUT2D eigenvalue weighted by atomic mass is 127. The van der Waals surface area contributed by atoms with Crippen LogP contribution in [0.5, 0.6) is 0 Å². The van der Waals surface area contributed by atoms with Crippen LogP contribution >= 0.6 is 34.2 Å². The summed E-state index contributed by atoms with van der Waals surface area (Å²) in [5.74, 6) is 0. The summed E-state index contributed by atoms with van der Waals surface area (Å²) in [4.78, 5) is 0. The summed E-state index contributed by atoms with van der Waals surface area (Å²) in [5.41, 5.74) is 10.5. The van der Waals surface area contributed by atoms with Crippen molar-refractivity contribution in [3.05, 3.63) is 0 Å².